The van der Waals surface area contributed by atoms with Crippen LogP contribution < -0.4 is 27.4 Å². The molecule has 0 heterocycles. The maximum atomic E-state index is 13.1. The van der Waals surface area contributed by atoms with Crippen LogP contribution in [0.15, 0.2) is 60.7 Å². The Morgan fingerprint density at radius 2 is 1.31 bits per heavy atom. The molecule has 0 saturated heterocycles. The third-order valence-electron chi connectivity index (χ3n) is 6.17. The monoisotopic (exact) mass is 541 g/mol. The molecule has 0 aliphatic heterocycles. The quantitative estimate of drug-likeness (QED) is 0.142. The van der Waals surface area contributed by atoms with Gasteiger partial charge in [0.15, 0.2) is 0 Å². The summed E-state index contributed by atoms with van der Waals surface area (Å²) >= 11 is 0. The molecule has 3 amide bonds. The van der Waals surface area contributed by atoms with Crippen molar-refractivity contribution in [3.63, 3.8) is 0 Å². The SMILES string of the molecule is CC(O)C(NC(=O)C(N)Cc1ccccc1)C(=O)NC(CCCCN)C(=O)NC(Cc1ccccc1)C(=O)O. The van der Waals surface area contributed by atoms with Crippen LogP contribution >= 0.6 is 0 Å². The summed E-state index contributed by atoms with van der Waals surface area (Å²) in [6.45, 7) is 1.71. The first-order valence-electron chi connectivity index (χ1n) is 13.0. The molecule has 212 valence electrons. The smallest absolute Gasteiger partial charge is 0.326 e. The fraction of sp³-hybridized carbons (Fsp3) is 0.429. The molecule has 0 aliphatic carbocycles. The minimum absolute atomic E-state index is 0.0526. The van der Waals surface area contributed by atoms with E-state index < -0.39 is 54.0 Å². The van der Waals surface area contributed by atoms with Gasteiger partial charge >= 0.3 is 5.97 Å². The van der Waals surface area contributed by atoms with Crippen molar-refractivity contribution in [1.29, 1.82) is 0 Å². The van der Waals surface area contributed by atoms with Gasteiger partial charge in [0, 0.05) is 6.42 Å². The van der Waals surface area contributed by atoms with Crippen LogP contribution in [0.3, 0.4) is 0 Å². The van der Waals surface area contributed by atoms with Gasteiger partial charge in [-0.25, -0.2) is 4.79 Å². The van der Waals surface area contributed by atoms with E-state index in [0.29, 0.717) is 19.4 Å². The molecule has 11 nitrogen and oxygen atoms in total. The maximum absolute atomic E-state index is 13.1. The van der Waals surface area contributed by atoms with Gasteiger partial charge in [0.1, 0.15) is 18.1 Å². The second-order valence-corrected chi connectivity index (χ2v) is 9.46. The van der Waals surface area contributed by atoms with Crippen LogP contribution in [0.2, 0.25) is 0 Å². The maximum Gasteiger partial charge on any atom is 0.326 e. The van der Waals surface area contributed by atoms with Crippen LogP contribution in [0.4, 0.5) is 0 Å². The standard InChI is InChI=1S/C28H39N5O6/c1-18(34)24(33-25(35)21(30)16-19-10-4-2-5-11-19)27(37)31-22(14-8-9-15-29)26(36)32-23(28(38)39)17-20-12-6-3-7-13-20/h2-7,10-13,18,21-24,34H,8-9,14-17,29-30H2,1H3,(H,31,37)(H,32,36)(H,33,35)(H,38,39). The third kappa shape index (κ3) is 10.8. The Morgan fingerprint density at radius 3 is 1.82 bits per heavy atom. The van der Waals surface area contributed by atoms with Gasteiger partial charge in [-0.1, -0.05) is 60.7 Å². The number of nitrogens with one attached hydrogen (secondary N) is 3. The molecule has 0 aromatic heterocycles. The Balaban J connectivity index is 2.10. The number of carbonyl (C=O) groups excluding carboxylic acids is 3. The lowest BCUT2D eigenvalue weighted by molar-refractivity contribution is -0.142. The number of carboxylic acid groups (broad SMARTS) is 1. The first-order chi connectivity index (χ1) is 18.6. The lowest BCUT2D eigenvalue weighted by Crippen LogP contribution is -2.60. The van der Waals surface area contributed by atoms with E-state index in [9.17, 15) is 29.4 Å². The molecule has 0 radical (unpaired) electrons. The molecular formula is C28H39N5O6. The second kappa shape index (κ2) is 16.2. The highest BCUT2D eigenvalue weighted by atomic mass is 16.4. The molecule has 9 N–H and O–H groups in total. The van der Waals surface area contributed by atoms with Gasteiger partial charge in [0.05, 0.1) is 12.1 Å². The summed E-state index contributed by atoms with van der Waals surface area (Å²) in [4.78, 5) is 50.8. The summed E-state index contributed by atoms with van der Waals surface area (Å²) < 4.78 is 0. The normalized spacial score (nSPS) is 14.8. The number of benzene rings is 2. The van der Waals surface area contributed by atoms with E-state index in [0.717, 1.165) is 11.1 Å². The number of carboxylic acids is 1. The summed E-state index contributed by atoms with van der Waals surface area (Å²) in [5, 5.41) is 27.4. The highest BCUT2D eigenvalue weighted by molar-refractivity contribution is 5.94. The zero-order valence-corrected chi connectivity index (χ0v) is 22.1. The van der Waals surface area contributed by atoms with E-state index in [1.165, 1.54) is 6.92 Å². The van der Waals surface area contributed by atoms with Crippen molar-refractivity contribution in [3.05, 3.63) is 71.8 Å². The van der Waals surface area contributed by atoms with Crippen LogP contribution in [-0.4, -0.2) is 70.7 Å². The van der Waals surface area contributed by atoms with Crippen LogP contribution in [0, 0.1) is 0 Å². The minimum atomic E-state index is -1.39. The highest BCUT2D eigenvalue weighted by Gasteiger charge is 2.32. The van der Waals surface area contributed by atoms with Crippen molar-refractivity contribution in [2.75, 3.05) is 6.54 Å². The fourth-order valence-corrected chi connectivity index (χ4v) is 3.97. The van der Waals surface area contributed by atoms with Crippen molar-refractivity contribution in [2.24, 2.45) is 11.5 Å². The Bertz CT molecular complexity index is 1070. The minimum Gasteiger partial charge on any atom is -0.480 e. The van der Waals surface area contributed by atoms with Crippen LogP contribution in [0.5, 0.6) is 0 Å². The number of amides is 3. The lowest BCUT2D eigenvalue weighted by Gasteiger charge is -2.26. The molecule has 5 atom stereocenters. The molecule has 2 rings (SSSR count). The largest absolute Gasteiger partial charge is 0.480 e. The zero-order valence-electron chi connectivity index (χ0n) is 22.1. The molecule has 39 heavy (non-hydrogen) atoms. The molecule has 2 aromatic carbocycles. The summed E-state index contributed by atoms with van der Waals surface area (Å²) in [7, 11) is 0. The molecule has 0 aliphatic rings. The molecule has 11 heteroatoms. The second-order valence-electron chi connectivity index (χ2n) is 9.46. The number of hydrogen-bond donors (Lipinski definition) is 7. The number of aliphatic hydroxyl groups is 1. The Hall–Kier alpha value is -3.80. The van der Waals surface area contributed by atoms with Gasteiger partial charge in [-0.05, 0) is 50.3 Å². The number of nitrogens with two attached hydrogens (primary N) is 2. The van der Waals surface area contributed by atoms with Crippen molar-refractivity contribution < 1.29 is 29.4 Å². The summed E-state index contributed by atoms with van der Waals surface area (Å²) in [6, 6.07) is 13.2. The third-order valence-corrected chi connectivity index (χ3v) is 6.17. The molecular weight excluding hydrogens is 502 g/mol. The topological polar surface area (TPSA) is 197 Å². The van der Waals surface area contributed by atoms with Crippen molar-refractivity contribution >= 4 is 23.7 Å². The fourth-order valence-electron chi connectivity index (χ4n) is 3.97. The average Bonchev–Trinajstić information content (AvgIpc) is 2.91. The van der Waals surface area contributed by atoms with Crippen LogP contribution in [0.1, 0.15) is 37.3 Å². The zero-order chi connectivity index (χ0) is 28.8. The predicted molar refractivity (Wildman–Crippen MR) is 146 cm³/mol. The van der Waals surface area contributed by atoms with E-state index in [1.807, 2.05) is 30.3 Å². The average molecular weight is 542 g/mol. The van der Waals surface area contributed by atoms with Crippen molar-refractivity contribution in [3.8, 4) is 0 Å². The highest BCUT2D eigenvalue weighted by Crippen LogP contribution is 2.08. The first kappa shape index (κ1) is 31.4. The molecule has 5 unspecified atom stereocenters. The molecule has 0 bridgehead atoms. The molecule has 0 fully saturated rings. The predicted octanol–water partition coefficient (Wildman–Crippen LogP) is -0.152. The Labute approximate surface area is 228 Å². The van der Waals surface area contributed by atoms with E-state index in [1.54, 1.807) is 30.3 Å². The van der Waals surface area contributed by atoms with Gasteiger partial charge < -0.3 is 37.6 Å². The summed E-state index contributed by atoms with van der Waals surface area (Å²) in [6.07, 6.45) is 0.228. The van der Waals surface area contributed by atoms with E-state index in [-0.39, 0.29) is 19.3 Å². The summed E-state index contributed by atoms with van der Waals surface area (Å²) in [5.41, 5.74) is 13.1. The van der Waals surface area contributed by atoms with Crippen LogP contribution in [-0.2, 0) is 32.0 Å². The van der Waals surface area contributed by atoms with E-state index >= 15 is 0 Å². The van der Waals surface area contributed by atoms with Gasteiger partial charge in [0.25, 0.3) is 0 Å². The van der Waals surface area contributed by atoms with Gasteiger partial charge in [-0.3, -0.25) is 14.4 Å². The van der Waals surface area contributed by atoms with Crippen molar-refractivity contribution in [2.45, 2.75) is 69.3 Å². The van der Waals surface area contributed by atoms with Gasteiger partial charge in [-0.15, -0.1) is 0 Å². The number of unbranched alkanes of at least 4 members (excludes halogenated alkanes) is 1. The number of carbonyl (C=O) groups is 4. The lowest BCUT2D eigenvalue weighted by atomic mass is 10.0. The van der Waals surface area contributed by atoms with Crippen molar-refractivity contribution in [1.82, 2.24) is 16.0 Å². The van der Waals surface area contributed by atoms with E-state index in [4.69, 9.17) is 11.5 Å². The Morgan fingerprint density at radius 1 is 0.769 bits per heavy atom. The number of rotatable bonds is 16. The first-order valence-corrected chi connectivity index (χ1v) is 13.0. The van der Waals surface area contributed by atoms with Crippen LogP contribution in [0.25, 0.3) is 0 Å². The number of aliphatic hydroxyl groups excluding tert-OH is 1. The number of hydrogen-bond acceptors (Lipinski definition) is 7. The number of aliphatic carboxylic acids is 1. The van der Waals surface area contributed by atoms with Gasteiger partial charge in [0.2, 0.25) is 17.7 Å². The molecule has 0 spiro atoms. The Kier molecular flexibility index (Phi) is 13.1. The summed E-state index contributed by atoms with van der Waals surface area (Å²) in [5.74, 6) is -3.35. The molecule has 0 saturated carbocycles. The molecule has 2 aromatic rings. The van der Waals surface area contributed by atoms with Gasteiger partial charge in [-0.2, -0.15) is 0 Å². The van der Waals surface area contributed by atoms with E-state index in [2.05, 4.69) is 16.0 Å².